The number of halogens is 2. The summed E-state index contributed by atoms with van der Waals surface area (Å²) in [6.07, 6.45) is 1.21. The summed E-state index contributed by atoms with van der Waals surface area (Å²) in [7, 11) is 0. The first-order valence-corrected chi connectivity index (χ1v) is 38.5. The van der Waals surface area contributed by atoms with Gasteiger partial charge >= 0.3 is 0 Å². The molecule has 99 heavy (non-hydrogen) atoms. The number of thiophene rings is 3. The zero-order chi connectivity index (χ0) is 73.8. The second-order valence-electron chi connectivity index (χ2n) is 34.8. The summed E-state index contributed by atoms with van der Waals surface area (Å²) in [5, 5.41) is 9.43. The van der Waals surface area contributed by atoms with Crippen LogP contribution in [0.3, 0.4) is 0 Å². The van der Waals surface area contributed by atoms with Crippen LogP contribution in [0.5, 0.6) is 0 Å². The minimum Gasteiger partial charge on any atom is -0.460 e. The van der Waals surface area contributed by atoms with Gasteiger partial charge in [0, 0.05) is 63.2 Å². The zero-order valence-corrected chi connectivity index (χ0v) is 68.6. The molecule has 1 saturated carbocycles. The van der Waals surface area contributed by atoms with E-state index in [4.69, 9.17) is 8.83 Å². The van der Waals surface area contributed by atoms with E-state index in [2.05, 4.69) is 311 Å². The Morgan fingerprint density at radius 2 is 0.788 bits per heavy atom. The SMILES string of the molecule is Cc1c(C(C)(C)C)cc(C2CCC(F)(F)CC2)c2ccccc12.Cc1c(C(C)(C)C)oc2c(C)cccc12.Cc1c(C(C)(C)C)sc2c(C)cccc12.Cc1ccc(C)c2c(C)c(C(C)(C)C)sc12.Cc1cccc2oc(C(C)(C)C)c(C)c12.Cc1cccc2sc(C(C)(C)C)c(C)c12. The molecule has 1 aliphatic rings. The van der Waals surface area contributed by atoms with E-state index in [-0.39, 0.29) is 51.2 Å². The Morgan fingerprint density at radius 3 is 1.30 bits per heavy atom. The quantitative estimate of drug-likeness (QED) is 0.164. The van der Waals surface area contributed by atoms with Gasteiger partial charge < -0.3 is 8.83 Å². The van der Waals surface area contributed by atoms with Crippen LogP contribution in [-0.2, 0) is 32.5 Å². The van der Waals surface area contributed by atoms with Gasteiger partial charge in [-0.3, -0.25) is 0 Å². The van der Waals surface area contributed by atoms with Crippen molar-refractivity contribution >= 4 is 97.0 Å². The Kier molecular flexibility index (Phi) is 23.4. The smallest absolute Gasteiger partial charge is 0.248 e. The summed E-state index contributed by atoms with van der Waals surface area (Å²) in [4.78, 5) is 4.57. The van der Waals surface area contributed by atoms with Crippen LogP contribution in [0.15, 0.2) is 124 Å². The van der Waals surface area contributed by atoms with Crippen LogP contribution in [0.4, 0.5) is 8.78 Å². The Balaban J connectivity index is 0.000000153. The fourth-order valence-corrected chi connectivity index (χ4v) is 19.1. The van der Waals surface area contributed by atoms with Gasteiger partial charge in [-0.25, -0.2) is 8.78 Å². The van der Waals surface area contributed by atoms with E-state index >= 15 is 0 Å². The Labute approximate surface area is 607 Å². The van der Waals surface area contributed by atoms with Crippen molar-refractivity contribution in [1.82, 2.24) is 0 Å². The third kappa shape index (κ3) is 17.4. The maximum absolute atomic E-state index is 13.5. The number of hydrogen-bond donors (Lipinski definition) is 0. The van der Waals surface area contributed by atoms with Crippen LogP contribution in [0, 0.1) is 83.1 Å². The largest absolute Gasteiger partial charge is 0.460 e. The van der Waals surface area contributed by atoms with Crippen molar-refractivity contribution in [1.29, 1.82) is 0 Å². The highest BCUT2D eigenvalue weighted by Gasteiger charge is 2.37. The number of benzene rings is 7. The molecule has 0 atom stereocenters. The number of aryl methyl sites for hydroxylation is 12. The van der Waals surface area contributed by atoms with Gasteiger partial charge in [0.25, 0.3) is 0 Å². The Hall–Kier alpha value is -6.38. The number of alkyl halides is 2. The fourth-order valence-electron chi connectivity index (χ4n) is 15.1. The van der Waals surface area contributed by atoms with Crippen LogP contribution in [0.2, 0.25) is 0 Å². The standard InChI is InChI=1S/C21H26F2.C15H20S.2C14H18O.2C14H18S/c1-14-16-7-5-6-8-17(16)18(13-19(14)20(2,3)4)15-9-11-21(22,23)12-10-15;1-9-7-8-10(2)13-12(9)11(3)14(16-13)15(4,5)6;1-9-7-6-8-11-12(9)10(2)13(15-11)14(3,4)5;1-9-7-6-8-11-10(2)13(14(3,4)5)15-12(9)11;1-9-7-6-8-11-12(9)10(2)13(15-11)14(3,4)5;1-9-7-6-8-11-10(2)13(14(3,4)5)15-12(9)11/h5-8,13,15H,9-12H2,1-4H3;7-8H,1-6H3;4*6-8H,1-5H3. The van der Waals surface area contributed by atoms with E-state index in [9.17, 15) is 8.78 Å². The van der Waals surface area contributed by atoms with E-state index in [1.807, 2.05) is 46.1 Å². The molecule has 1 fully saturated rings. The molecule has 7 heteroatoms. The van der Waals surface area contributed by atoms with Gasteiger partial charge in [0.15, 0.2) is 0 Å². The summed E-state index contributed by atoms with van der Waals surface area (Å²) in [5.74, 6) is -0.0102. The molecule has 0 unspecified atom stereocenters. The number of para-hydroxylation sites is 1. The molecule has 530 valence electrons. The molecular weight excluding hydrogens is 1270 g/mol. The third-order valence-corrected chi connectivity index (χ3v) is 25.2. The first-order chi connectivity index (χ1) is 45.6. The summed E-state index contributed by atoms with van der Waals surface area (Å²) in [6, 6.07) is 40.9. The monoisotopic (exact) mass is 1390 g/mol. The van der Waals surface area contributed by atoms with Gasteiger partial charge in [-0.15, -0.1) is 34.0 Å². The molecule has 1 aliphatic carbocycles. The van der Waals surface area contributed by atoms with Crippen molar-refractivity contribution in [2.45, 2.75) is 278 Å². The molecule has 0 N–H and O–H groups in total. The molecule has 12 aromatic rings. The maximum Gasteiger partial charge on any atom is 0.248 e. The summed E-state index contributed by atoms with van der Waals surface area (Å²) < 4.78 is 43.4. The predicted octanol–water partition coefficient (Wildman–Crippen LogP) is 30.2. The summed E-state index contributed by atoms with van der Waals surface area (Å²) >= 11 is 5.87. The van der Waals surface area contributed by atoms with Crippen LogP contribution in [0.1, 0.15) is 260 Å². The lowest BCUT2D eigenvalue weighted by atomic mass is 9.75. The van der Waals surface area contributed by atoms with Gasteiger partial charge in [0.05, 0.1) is 0 Å². The maximum atomic E-state index is 13.5. The summed E-state index contributed by atoms with van der Waals surface area (Å²) in [5.41, 5.74) is 22.1. The van der Waals surface area contributed by atoms with Gasteiger partial charge in [-0.05, 0) is 240 Å². The van der Waals surface area contributed by atoms with Gasteiger partial charge in [0.1, 0.15) is 22.7 Å². The molecule has 0 radical (unpaired) electrons. The molecule has 2 nitrogen and oxygen atoms in total. The first-order valence-electron chi connectivity index (χ1n) is 36.0. The Bertz CT molecular complexity index is 4620. The first kappa shape index (κ1) is 78.3. The van der Waals surface area contributed by atoms with Crippen molar-refractivity contribution in [3.05, 3.63) is 219 Å². The third-order valence-electron chi connectivity index (χ3n) is 19.8. The summed E-state index contributed by atoms with van der Waals surface area (Å²) in [6.45, 7) is 66.8. The van der Waals surface area contributed by atoms with Crippen molar-refractivity contribution in [2.24, 2.45) is 0 Å². The predicted molar refractivity (Wildman–Crippen MR) is 437 cm³/mol. The average Bonchev–Trinajstić information content (AvgIpc) is 0.980. The van der Waals surface area contributed by atoms with Crippen LogP contribution >= 0.6 is 34.0 Å². The molecule has 13 rings (SSSR count). The average molecular weight is 1390 g/mol. The highest BCUT2D eigenvalue weighted by molar-refractivity contribution is 7.20. The van der Waals surface area contributed by atoms with E-state index in [0.29, 0.717) is 12.8 Å². The van der Waals surface area contributed by atoms with Crippen LogP contribution < -0.4 is 0 Å². The lowest BCUT2D eigenvalue weighted by Gasteiger charge is -2.31. The highest BCUT2D eigenvalue weighted by Crippen LogP contribution is 2.47. The number of furan rings is 2. The molecular formula is C92H118F2O2S3. The zero-order valence-electron chi connectivity index (χ0n) is 66.2. The minimum absolute atomic E-state index is 0.0186. The minimum atomic E-state index is -2.47. The van der Waals surface area contributed by atoms with Gasteiger partial charge in [-0.1, -0.05) is 228 Å². The van der Waals surface area contributed by atoms with Crippen molar-refractivity contribution in [3.63, 3.8) is 0 Å². The van der Waals surface area contributed by atoms with Crippen LogP contribution in [-0.4, -0.2) is 5.92 Å². The molecule has 0 saturated heterocycles. The highest BCUT2D eigenvalue weighted by atomic mass is 32.1. The number of hydrogen-bond acceptors (Lipinski definition) is 5. The topological polar surface area (TPSA) is 26.3 Å². The molecule has 0 aliphatic heterocycles. The second-order valence-corrected chi connectivity index (χ2v) is 37.9. The van der Waals surface area contributed by atoms with Gasteiger partial charge in [0.2, 0.25) is 5.92 Å². The van der Waals surface area contributed by atoms with E-state index in [1.165, 1.54) is 144 Å². The van der Waals surface area contributed by atoms with Crippen molar-refractivity contribution < 1.29 is 17.6 Å². The van der Waals surface area contributed by atoms with Crippen molar-refractivity contribution in [3.8, 4) is 0 Å². The molecule has 5 heterocycles. The van der Waals surface area contributed by atoms with Gasteiger partial charge in [-0.2, -0.15) is 0 Å². The van der Waals surface area contributed by atoms with E-state index in [1.54, 1.807) is 0 Å². The lowest BCUT2D eigenvalue weighted by molar-refractivity contribution is -0.0381. The van der Waals surface area contributed by atoms with Crippen LogP contribution in [0.25, 0.3) is 63.0 Å². The Morgan fingerprint density at radius 1 is 0.354 bits per heavy atom. The number of rotatable bonds is 1. The second kappa shape index (κ2) is 29.5. The lowest BCUT2D eigenvalue weighted by Crippen LogP contribution is -2.24. The van der Waals surface area contributed by atoms with E-state index < -0.39 is 5.92 Å². The molecule has 0 spiro atoms. The fraction of sp³-hybridized carbons (Fsp3) is 0.457. The normalized spacial score (nSPS) is 13.9. The van der Waals surface area contributed by atoms with E-state index in [0.717, 1.165) is 22.7 Å². The molecule has 0 bridgehead atoms. The molecule has 5 aromatic heterocycles. The van der Waals surface area contributed by atoms with Crippen molar-refractivity contribution in [2.75, 3.05) is 0 Å². The number of fused-ring (bicyclic) bond motifs is 6. The molecule has 7 aromatic carbocycles. The molecule has 0 amide bonds.